The molecule has 1 fully saturated rings. The van der Waals surface area contributed by atoms with Gasteiger partial charge in [-0.3, -0.25) is 10.2 Å². The van der Waals surface area contributed by atoms with Gasteiger partial charge in [0.05, 0.1) is 31.7 Å². The van der Waals surface area contributed by atoms with Gasteiger partial charge in [-0.2, -0.15) is 0 Å². The van der Waals surface area contributed by atoms with E-state index in [1.54, 1.807) is 4.90 Å². The van der Waals surface area contributed by atoms with Crippen molar-refractivity contribution in [2.24, 2.45) is 0 Å². The molecule has 2 N–H and O–H groups in total. The summed E-state index contributed by atoms with van der Waals surface area (Å²) in [4.78, 5) is 13.9. The van der Waals surface area contributed by atoms with Crippen LogP contribution in [0.15, 0.2) is 59.1 Å². The Hall–Kier alpha value is -1.69. The number of nitrogens with zero attached hydrogens (tertiary/aromatic N) is 1. The minimum Gasteiger partial charge on any atom is -0.329 e. The molecule has 0 aromatic heterocycles. The number of carbonyl (C=O) groups is 1. The van der Waals surface area contributed by atoms with Crippen molar-refractivity contribution < 1.29 is 9.69 Å². The molecule has 0 bridgehead atoms. The van der Waals surface area contributed by atoms with Crippen molar-refractivity contribution >= 4 is 21.8 Å². The van der Waals surface area contributed by atoms with Crippen LogP contribution in [0.25, 0.3) is 0 Å². The van der Waals surface area contributed by atoms with Crippen molar-refractivity contribution in [1.82, 2.24) is 10.4 Å². The molecule has 0 spiro atoms. The highest BCUT2D eigenvalue weighted by molar-refractivity contribution is 9.10. The van der Waals surface area contributed by atoms with Crippen molar-refractivity contribution in [3.05, 3.63) is 70.2 Å². The van der Waals surface area contributed by atoms with Gasteiger partial charge in [0.15, 0.2) is 0 Å². The predicted molar refractivity (Wildman–Crippen MR) is 94.0 cm³/mol. The van der Waals surface area contributed by atoms with Crippen LogP contribution in [0.2, 0.25) is 0 Å². The highest BCUT2D eigenvalue weighted by atomic mass is 79.9. The van der Waals surface area contributed by atoms with Gasteiger partial charge in [0.1, 0.15) is 6.54 Å². The molecule has 0 atom stereocenters. The molecule has 1 amide bonds. The summed E-state index contributed by atoms with van der Waals surface area (Å²) in [7, 11) is 0. The fourth-order valence-corrected chi connectivity index (χ4v) is 3.31. The van der Waals surface area contributed by atoms with E-state index in [4.69, 9.17) is 0 Å². The van der Waals surface area contributed by atoms with Gasteiger partial charge in [-0.1, -0.05) is 42.5 Å². The Kier molecular flexibility index (Phi) is 5.43. The predicted octanol–water partition coefficient (Wildman–Crippen LogP) is 1.49. The lowest BCUT2D eigenvalue weighted by atomic mass is 10.2. The molecule has 2 aromatic rings. The van der Waals surface area contributed by atoms with Gasteiger partial charge >= 0.3 is 0 Å². The second kappa shape index (κ2) is 7.73. The van der Waals surface area contributed by atoms with E-state index < -0.39 is 0 Å². The quantitative estimate of drug-likeness (QED) is 0.850. The first kappa shape index (κ1) is 16.2. The van der Waals surface area contributed by atoms with Gasteiger partial charge in [0.2, 0.25) is 0 Å². The molecule has 23 heavy (non-hydrogen) atoms. The van der Waals surface area contributed by atoms with E-state index in [1.807, 2.05) is 35.3 Å². The van der Waals surface area contributed by atoms with E-state index in [2.05, 4.69) is 45.6 Å². The normalized spacial score (nSPS) is 16.2. The Labute approximate surface area is 145 Å². The van der Waals surface area contributed by atoms with Gasteiger partial charge in [-0.05, 0) is 28.1 Å². The molecule has 1 aliphatic rings. The van der Waals surface area contributed by atoms with Crippen molar-refractivity contribution in [3.63, 3.8) is 0 Å². The number of nitrogens with one attached hydrogen (secondary N) is 2. The number of hydrogen-bond donors (Lipinski definition) is 2. The highest BCUT2D eigenvalue weighted by Crippen LogP contribution is 2.15. The second-order valence-electron chi connectivity index (χ2n) is 5.82. The van der Waals surface area contributed by atoms with E-state index >= 15 is 0 Å². The maximum absolute atomic E-state index is 12.3. The zero-order valence-corrected chi connectivity index (χ0v) is 14.6. The van der Waals surface area contributed by atoms with Crippen LogP contribution in [0.5, 0.6) is 0 Å². The third kappa shape index (κ3) is 4.41. The summed E-state index contributed by atoms with van der Waals surface area (Å²) in [5.41, 5.74) is 5.05. The Bertz CT molecular complexity index is 654. The average molecular weight is 375 g/mol. The molecule has 4 nitrogen and oxygen atoms in total. The zero-order chi connectivity index (χ0) is 16.1. The highest BCUT2D eigenvalue weighted by Gasteiger charge is 2.22. The molecular weight excluding hydrogens is 354 g/mol. The van der Waals surface area contributed by atoms with Gasteiger partial charge < -0.3 is 4.90 Å². The monoisotopic (exact) mass is 374 g/mol. The summed E-state index contributed by atoms with van der Waals surface area (Å²) < 4.78 is 0.825. The molecule has 120 valence electrons. The second-order valence-corrected chi connectivity index (χ2v) is 6.67. The first-order chi connectivity index (χ1) is 11.2. The van der Waals surface area contributed by atoms with Gasteiger partial charge in [-0.15, -0.1) is 0 Å². The molecule has 1 saturated heterocycles. The molecule has 2 aromatic carbocycles. The number of hydrogen-bond acceptors (Lipinski definition) is 2. The van der Waals surface area contributed by atoms with Crippen LogP contribution in [0.1, 0.15) is 15.9 Å². The van der Waals surface area contributed by atoms with Crippen molar-refractivity contribution in [2.45, 2.75) is 6.54 Å². The SMILES string of the molecule is O=C(NN1CC[NH+](Cc2ccccc2)CC1)c1ccccc1Br. The fourth-order valence-electron chi connectivity index (χ4n) is 2.85. The minimum absolute atomic E-state index is 0.0519. The van der Waals surface area contributed by atoms with Crippen molar-refractivity contribution in [3.8, 4) is 0 Å². The van der Waals surface area contributed by atoms with E-state index in [1.165, 1.54) is 5.56 Å². The number of piperazine rings is 1. The first-order valence-corrected chi connectivity index (χ1v) is 8.69. The topological polar surface area (TPSA) is 36.8 Å². The Balaban J connectivity index is 1.49. The third-order valence-corrected chi connectivity index (χ3v) is 4.84. The molecule has 0 aliphatic carbocycles. The van der Waals surface area contributed by atoms with Crippen LogP contribution in [0.4, 0.5) is 0 Å². The average Bonchev–Trinajstić information content (AvgIpc) is 2.58. The standard InChI is InChI=1S/C18H20BrN3O/c19-17-9-5-4-8-16(17)18(23)20-22-12-10-21(11-13-22)14-15-6-2-1-3-7-15/h1-9H,10-14H2,(H,20,23)/p+1. The Morgan fingerprint density at radius 1 is 1.04 bits per heavy atom. The Morgan fingerprint density at radius 2 is 1.70 bits per heavy atom. The van der Waals surface area contributed by atoms with E-state index in [0.717, 1.165) is 37.2 Å². The van der Waals surface area contributed by atoms with Crippen LogP contribution < -0.4 is 10.3 Å². The number of halogens is 1. The molecule has 3 rings (SSSR count). The molecular formula is C18H21BrN3O+. The molecule has 1 aliphatic heterocycles. The summed E-state index contributed by atoms with van der Waals surface area (Å²) in [6, 6.07) is 18.1. The van der Waals surface area contributed by atoms with Gasteiger partial charge in [0, 0.05) is 10.0 Å². The number of quaternary nitrogens is 1. The van der Waals surface area contributed by atoms with Gasteiger partial charge in [-0.25, -0.2) is 5.01 Å². The van der Waals surface area contributed by atoms with Crippen molar-refractivity contribution in [2.75, 3.05) is 26.2 Å². The Morgan fingerprint density at radius 3 is 2.39 bits per heavy atom. The summed E-state index contributed by atoms with van der Waals surface area (Å²) in [6.07, 6.45) is 0. The van der Waals surface area contributed by atoms with E-state index in [-0.39, 0.29) is 5.91 Å². The van der Waals surface area contributed by atoms with E-state index in [9.17, 15) is 4.79 Å². The summed E-state index contributed by atoms with van der Waals surface area (Å²) in [5, 5.41) is 2.02. The lowest BCUT2D eigenvalue weighted by Crippen LogP contribution is -3.13. The minimum atomic E-state index is -0.0519. The number of hydrazine groups is 1. The van der Waals surface area contributed by atoms with Crippen LogP contribution in [0, 0.1) is 0 Å². The first-order valence-electron chi connectivity index (χ1n) is 7.90. The number of benzene rings is 2. The summed E-state index contributed by atoms with van der Waals surface area (Å²) in [6.45, 7) is 4.86. The molecule has 0 saturated carbocycles. The summed E-state index contributed by atoms with van der Waals surface area (Å²) in [5.74, 6) is -0.0519. The molecule has 1 heterocycles. The largest absolute Gasteiger partial charge is 0.329 e. The molecule has 0 radical (unpaired) electrons. The van der Waals surface area contributed by atoms with E-state index in [0.29, 0.717) is 5.56 Å². The lowest BCUT2D eigenvalue weighted by molar-refractivity contribution is -0.918. The van der Waals surface area contributed by atoms with Crippen LogP contribution in [0.3, 0.4) is 0 Å². The number of amides is 1. The molecule has 5 heteroatoms. The fraction of sp³-hybridized carbons (Fsp3) is 0.278. The maximum Gasteiger partial charge on any atom is 0.266 e. The van der Waals surface area contributed by atoms with Crippen LogP contribution >= 0.6 is 15.9 Å². The smallest absolute Gasteiger partial charge is 0.266 e. The zero-order valence-electron chi connectivity index (χ0n) is 13.0. The van der Waals surface area contributed by atoms with Gasteiger partial charge in [0.25, 0.3) is 5.91 Å². The number of carbonyl (C=O) groups excluding carboxylic acids is 1. The summed E-state index contributed by atoms with van der Waals surface area (Å²) >= 11 is 3.42. The van der Waals surface area contributed by atoms with Crippen LogP contribution in [-0.4, -0.2) is 37.1 Å². The van der Waals surface area contributed by atoms with Crippen LogP contribution in [-0.2, 0) is 6.54 Å². The van der Waals surface area contributed by atoms with Crippen molar-refractivity contribution in [1.29, 1.82) is 0 Å². The maximum atomic E-state index is 12.3. The number of rotatable bonds is 4. The molecule has 0 unspecified atom stereocenters. The third-order valence-electron chi connectivity index (χ3n) is 4.15. The lowest BCUT2D eigenvalue weighted by Gasteiger charge is -2.32.